The van der Waals surface area contributed by atoms with Crippen LogP contribution in [0, 0.1) is 0 Å². The molecule has 0 radical (unpaired) electrons. The molecule has 18 heavy (non-hydrogen) atoms. The number of hydrogen-bond acceptors (Lipinski definition) is 4. The highest BCUT2D eigenvalue weighted by Crippen LogP contribution is 2.23. The van der Waals surface area contributed by atoms with Gasteiger partial charge >= 0.3 is 0 Å². The van der Waals surface area contributed by atoms with E-state index < -0.39 is 0 Å². The van der Waals surface area contributed by atoms with Gasteiger partial charge in [-0.05, 0) is 55.2 Å². The summed E-state index contributed by atoms with van der Waals surface area (Å²) in [6, 6.07) is 7.41. The number of Topliss-reactive ketones (excluding diaryl/α,β-unsaturated/α-hetero) is 1. The van der Waals surface area contributed by atoms with E-state index in [4.69, 9.17) is 10.5 Å². The van der Waals surface area contributed by atoms with E-state index in [1.807, 2.05) is 36.0 Å². The van der Waals surface area contributed by atoms with Crippen LogP contribution in [0.4, 0.5) is 0 Å². The van der Waals surface area contributed by atoms with Gasteiger partial charge in [0.05, 0.1) is 0 Å². The van der Waals surface area contributed by atoms with Crippen LogP contribution in [0.25, 0.3) is 0 Å². The minimum atomic E-state index is 0.0955. The third-order valence-electron chi connectivity index (χ3n) is 3.02. The van der Waals surface area contributed by atoms with Gasteiger partial charge in [0, 0.05) is 12.0 Å². The number of carbonyl (C=O) groups is 1. The molecule has 0 unspecified atom stereocenters. The van der Waals surface area contributed by atoms with E-state index in [0.29, 0.717) is 24.6 Å². The Balaban J connectivity index is 1.92. The zero-order valence-corrected chi connectivity index (χ0v) is 11.2. The lowest BCUT2D eigenvalue weighted by Crippen LogP contribution is -2.22. The Morgan fingerprint density at radius 3 is 2.56 bits per heavy atom. The average molecular weight is 265 g/mol. The molecule has 1 aliphatic heterocycles. The molecule has 0 amide bonds. The highest BCUT2D eigenvalue weighted by molar-refractivity contribution is 7.99. The van der Waals surface area contributed by atoms with Crippen molar-refractivity contribution in [1.29, 1.82) is 0 Å². The van der Waals surface area contributed by atoms with Crippen molar-refractivity contribution < 1.29 is 9.53 Å². The van der Waals surface area contributed by atoms with Crippen molar-refractivity contribution in [3.05, 3.63) is 29.8 Å². The summed E-state index contributed by atoms with van der Waals surface area (Å²) < 4.78 is 5.90. The molecule has 1 fully saturated rings. The number of ketones is 1. The van der Waals surface area contributed by atoms with E-state index in [-0.39, 0.29) is 5.78 Å². The molecule has 1 aliphatic rings. The van der Waals surface area contributed by atoms with Crippen molar-refractivity contribution in [3.8, 4) is 5.75 Å². The maximum absolute atomic E-state index is 11.6. The molecule has 98 valence electrons. The first kappa shape index (κ1) is 13.4. The van der Waals surface area contributed by atoms with Gasteiger partial charge in [0.2, 0.25) is 0 Å². The van der Waals surface area contributed by atoms with E-state index in [9.17, 15) is 4.79 Å². The van der Waals surface area contributed by atoms with Crippen molar-refractivity contribution in [3.63, 3.8) is 0 Å². The molecule has 0 bridgehead atoms. The van der Waals surface area contributed by atoms with E-state index in [2.05, 4.69) is 0 Å². The standard InChI is InChI=1S/C14H19NO2S/c15-8-5-14(16)11-1-3-12(4-2-11)17-13-6-9-18-10-7-13/h1-4,13H,5-10,15H2. The molecule has 0 aliphatic carbocycles. The SMILES string of the molecule is NCCC(=O)c1ccc(OC2CCSCC2)cc1. The Hall–Kier alpha value is -1.00. The van der Waals surface area contributed by atoms with Gasteiger partial charge in [0.1, 0.15) is 11.9 Å². The lowest BCUT2D eigenvalue weighted by molar-refractivity contribution is 0.0985. The summed E-state index contributed by atoms with van der Waals surface area (Å²) in [4.78, 5) is 11.6. The maximum Gasteiger partial charge on any atom is 0.164 e. The predicted octanol–water partition coefficient (Wildman–Crippen LogP) is 2.49. The highest BCUT2D eigenvalue weighted by atomic mass is 32.2. The fourth-order valence-corrected chi connectivity index (χ4v) is 3.04. The highest BCUT2D eigenvalue weighted by Gasteiger charge is 2.15. The first-order valence-electron chi connectivity index (χ1n) is 6.37. The fraction of sp³-hybridized carbons (Fsp3) is 0.500. The zero-order chi connectivity index (χ0) is 12.8. The Morgan fingerprint density at radius 2 is 1.94 bits per heavy atom. The number of carbonyl (C=O) groups excluding carboxylic acids is 1. The van der Waals surface area contributed by atoms with Crippen LogP contribution in [0.3, 0.4) is 0 Å². The van der Waals surface area contributed by atoms with Crippen LogP contribution in [0.1, 0.15) is 29.6 Å². The quantitative estimate of drug-likeness (QED) is 0.831. The molecule has 2 N–H and O–H groups in total. The maximum atomic E-state index is 11.6. The molecule has 0 aromatic heterocycles. The fourth-order valence-electron chi connectivity index (χ4n) is 1.98. The van der Waals surface area contributed by atoms with Crippen LogP contribution in [-0.4, -0.2) is 29.9 Å². The number of hydrogen-bond donors (Lipinski definition) is 1. The molecule has 0 atom stereocenters. The largest absolute Gasteiger partial charge is 0.490 e. The van der Waals surface area contributed by atoms with Crippen molar-refractivity contribution in [2.24, 2.45) is 5.73 Å². The molecular weight excluding hydrogens is 246 g/mol. The molecule has 1 saturated heterocycles. The predicted molar refractivity (Wildman–Crippen MR) is 75.4 cm³/mol. The van der Waals surface area contributed by atoms with Gasteiger partial charge in [0.15, 0.2) is 5.78 Å². The molecule has 1 aromatic carbocycles. The molecule has 4 heteroatoms. The monoisotopic (exact) mass is 265 g/mol. The van der Waals surface area contributed by atoms with Crippen LogP contribution < -0.4 is 10.5 Å². The average Bonchev–Trinajstić information content (AvgIpc) is 2.41. The Kier molecular flexibility index (Phi) is 5.08. The second-order valence-electron chi connectivity index (χ2n) is 4.42. The van der Waals surface area contributed by atoms with Gasteiger partial charge < -0.3 is 10.5 Å². The number of rotatable bonds is 5. The normalized spacial score (nSPS) is 16.5. The zero-order valence-electron chi connectivity index (χ0n) is 10.4. The second kappa shape index (κ2) is 6.81. The summed E-state index contributed by atoms with van der Waals surface area (Å²) in [6.45, 7) is 0.400. The number of ether oxygens (including phenoxy) is 1. The number of benzene rings is 1. The smallest absolute Gasteiger partial charge is 0.164 e. The van der Waals surface area contributed by atoms with Crippen LogP contribution in [-0.2, 0) is 0 Å². The van der Waals surface area contributed by atoms with Crippen LogP contribution in [0.5, 0.6) is 5.75 Å². The molecule has 3 nitrogen and oxygen atoms in total. The van der Waals surface area contributed by atoms with Crippen LogP contribution in [0.15, 0.2) is 24.3 Å². The molecule has 1 aromatic rings. The van der Waals surface area contributed by atoms with Crippen LogP contribution in [0.2, 0.25) is 0 Å². The Morgan fingerprint density at radius 1 is 1.28 bits per heavy atom. The van der Waals surface area contributed by atoms with Gasteiger partial charge in [-0.3, -0.25) is 4.79 Å². The third-order valence-corrected chi connectivity index (χ3v) is 4.07. The van der Waals surface area contributed by atoms with E-state index in [1.165, 1.54) is 11.5 Å². The summed E-state index contributed by atoms with van der Waals surface area (Å²) in [7, 11) is 0. The van der Waals surface area contributed by atoms with E-state index in [1.54, 1.807) is 0 Å². The topological polar surface area (TPSA) is 52.3 Å². The van der Waals surface area contributed by atoms with Gasteiger partial charge in [-0.1, -0.05) is 0 Å². The molecule has 1 heterocycles. The van der Waals surface area contributed by atoms with Gasteiger partial charge in [-0.25, -0.2) is 0 Å². The Labute approximate surface area is 112 Å². The summed E-state index contributed by atoms with van der Waals surface area (Å²) in [5.41, 5.74) is 6.09. The van der Waals surface area contributed by atoms with Crippen molar-refractivity contribution >= 4 is 17.5 Å². The summed E-state index contributed by atoms with van der Waals surface area (Å²) in [5, 5.41) is 0. The van der Waals surface area contributed by atoms with Crippen LogP contribution >= 0.6 is 11.8 Å². The summed E-state index contributed by atoms with van der Waals surface area (Å²) in [6.07, 6.45) is 2.95. The van der Waals surface area contributed by atoms with Crippen molar-refractivity contribution in [2.45, 2.75) is 25.4 Å². The molecular formula is C14H19NO2S. The van der Waals surface area contributed by atoms with Gasteiger partial charge in [-0.15, -0.1) is 0 Å². The lowest BCUT2D eigenvalue weighted by Gasteiger charge is -2.22. The Bertz CT molecular complexity index is 385. The third kappa shape index (κ3) is 3.75. The minimum Gasteiger partial charge on any atom is -0.490 e. The van der Waals surface area contributed by atoms with Gasteiger partial charge in [-0.2, -0.15) is 11.8 Å². The number of thioether (sulfide) groups is 1. The van der Waals surface area contributed by atoms with E-state index in [0.717, 1.165) is 18.6 Å². The summed E-state index contributed by atoms with van der Waals surface area (Å²) in [5.74, 6) is 3.31. The molecule has 0 spiro atoms. The first-order valence-corrected chi connectivity index (χ1v) is 7.53. The molecule has 0 saturated carbocycles. The molecule has 2 rings (SSSR count). The first-order chi connectivity index (χ1) is 8.79. The second-order valence-corrected chi connectivity index (χ2v) is 5.64. The van der Waals surface area contributed by atoms with Crippen molar-refractivity contribution in [1.82, 2.24) is 0 Å². The van der Waals surface area contributed by atoms with Gasteiger partial charge in [0.25, 0.3) is 0 Å². The minimum absolute atomic E-state index is 0.0955. The van der Waals surface area contributed by atoms with E-state index >= 15 is 0 Å². The lowest BCUT2D eigenvalue weighted by atomic mass is 10.1. The van der Waals surface area contributed by atoms with Crippen molar-refractivity contribution in [2.75, 3.05) is 18.1 Å². The summed E-state index contributed by atoms with van der Waals surface area (Å²) >= 11 is 1.98. The number of nitrogens with two attached hydrogens (primary N) is 1.